The van der Waals surface area contributed by atoms with Crippen molar-refractivity contribution in [3.63, 3.8) is 0 Å². The van der Waals surface area contributed by atoms with E-state index in [2.05, 4.69) is 9.68 Å². The average Bonchev–Trinajstić information content (AvgIpc) is 2.64. The van der Waals surface area contributed by atoms with Crippen molar-refractivity contribution >= 4 is 0 Å². The summed E-state index contributed by atoms with van der Waals surface area (Å²) in [5.74, 6) is -3.09. The normalized spacial score (nSPS) is 10.8. The highest BCUT2D eigenvalue weighted by Gasteiger charge is 2.17. The second-order valence-electron chi connectivity index (χ2n) is 3.08. The van der Waals surface area contributed by atoms with Crippen LogP contribution in [-0.4, -0.2) is 10.3 Å². The summed E-state index contributed by atoms with van der Waals surface area (Å²) in [7, 11) is 0. The Balaban J connectivity index is 2.55. The Morgan fingerprint density at radius 1 is 1.12 bits per heavy atom. The average molecular weight is 229 g/mol. The van der Waals surface area contributed by atoms with Gasteiger partial charge >= 0.3 is 0 Å². The lowest BCUT2D eigenvalue weighted by Crippen LogP contribution is -1.92. The first-order valence-corrected chi connectivity index (χ1v) is 4.33. The molecule has 16 heavy (non-hydrogen) atoms. The van der Waals surface area contributed by atoms with E-state index in [1.54, 1.807) is 0 Å². The molecule has 0 bridgehead atoms. The summed E-state index contributed by atoms with van der Waals surface area (Å²) in [6.07, 6.45) is 0. The van der Waals surface area contributed by atoms with Crippen molar-refractivity contribution in [1.82, 2.24) is 5.16 Å². The van der Waals surface area contributed by atoms with Gasteiger partial charge in [-0.1, -0.05) is 5.16 Å². The molecule has 0 aliphatic rings. The largest absolute Gasteiger partial charge is 0.388 e. The van der Waals surface area contributed by atoms with Crippen LogP contribution in [0.15, 0.2) is 22.7 Å². The molecule has 0 unspecified atom stereocenters. The highest BCUT2D eigenvalue weighted by atomic mass is 19.1. The van der Waals surface area contributed by atoms with Crippen molar-refractivity contribution in [2.24, 2.45) is 0 Å². The van der Waals surface area contributed by atoms with Gasteiger partial charge in [0.15, 0.2) is 5.76 Å². The number of aromatic nitrogens is 1. The molecule has 84 valence electrons. The molecule has 0 aliphatic carbocycles. The summed E-state index contributed by atoms with van der Waals surface area (Å²) in [5.41, 5.74) is -0.607. The van der Waals surface area contributed by atoms with Gasteiger partial charge in [-0.05, 0) is 0 Å². The van der Waals surface area contributed by atoms with E-state index in [4.69, 9.17) is 5.11 Å². The molecule has 1 aromatic carbocycles. The zero-order chi connectivity index (χ0) is 11.7. The number of nitrogens with zero attached hydrogens (tertiary/aromatic N) is 1. The maximum atomic E-state index is 13.3. The van der Waals surface area contributed by atoms with E-state index < -0.39 is 29.6 Å². The van der Waals surface area contributed by atoms with E-state index in [9.17, 15) is 13.2 Å². The van der Waals surface area contributed by atoms with Crippen molar-refractivity contribution in [1.29, 1.82) is 0 Å². The monoisotopic (exact) mass is 229 g/mol. The molecule has 1 N–H and O–H groups in total. The van der Waals surface area contributed by atoms with Crippen LogP contribution in [0.1, 0.15) is 5.76 Å². The molecule has 6 heteroatoms. The van der Waals surface area contributed by atoms with E-state index in [0.717, 1.165) is 0 Å². The van der Waals surface area contributed by atoms with Crippen molar-refractivity contribution in [2.75, 3.05) is 0 Å². The van der Waals surface area contributed by atoms with Gasteiger partial charge in [0, 0.05) is 18.2 Å². The molecule has 2 aromatic rings. The molecule has 0 radical (unpaired) electrons. The molecule has 0 atom stereocenters. The summed E-state index contributed by atoms with van der Waals surface area (Å²) in [6.45, 7) is -0.433. The first-order valence-electron chi connectivity index (χ1n) is 4.33. The maximum absolute atomic E-state index is 13.3. The molecule has 0 saturated heterocycles. The number of halogens is 3. The molecule has 0 aliphatic heterocycles. The zero-order valence-electron chi connectivity index (χ0n) is 7.88. The Labute approximate surface area is 88.1 Å². The number of benzene rings is 1. The van der Waals surface area contributed by atoms with Gasteiger partial charge in [0.1, 0.15) is 29.8 Å². The predicted molar refractivity (Wildman–Crippen MR) is 47.7 cm³/mol. The minimum atomic E-state index is -1.07. The molecular formula is C10H6F3NO2. The Morgan fingerprint density at radius 3 is 2.25 bits per heavy atom. The second kappa shape index (κ2) is 3.97. The molecular weight excluding hydrogens is 223 g/mol. The number of aliphatic hydroxyl groups excluding tert-OH is 1. The van der Waals surface area contributed by atoms with E-state index >= 15 is 0 Å². The van der Waals surface area contributed by atoms with E-state index in [1.807, 2.05) is 0 Å². The fourth-order valence-corrected chi connectivity index (χ4v) is 1.29. The number of hydrogen-bond acceptors (Lipinski definition) is 3. The Hall–Kier alpha value is -1.82. The van der Waals surface area contributed by atoms with Crippen LogP contribution in [-0.2, 0) is 6.61 Å². The summed E-state index contributed by atoms with van der Waals surface area (Å²) in [5, 5.41) is 12.1. The lowest BCUT2D eigenvalue weighted by Gasteiger charge is -2.00. The van der Waals surface area contributed by atoms with E-state index in [0.29, 0.717) is 12.1 Å². The molecule has 1 heterocycles. The standard InChI is InChI=1S/C10H6F3NO2/c11-5-1-7(12)10(8(13)2-5)9-3-6(4-15)16-14-9/h1-3,15H,4H2. The van der Waals surface area contributed by atoms with Crippen LogP contribution in [0.3, 0.4) is 0 Å². The third-order valence-corrected chi connectivity index (χ3v) is 1.98. The Morgan fingerprint density at radius 2 is 1.75 bits per heavy atom. The van der Waals surface area contributed by atoms with Crippen molar-refractivity contribution in [2.45, 2.75) is 6.61 Å². The predicted octanol–water partition coefficient (Wildman–Crippen LogP) is 2.25. The minimum Gasteiger partial charge on any atom is -0.388 e. The van der Waals surface area contributed by atoms with Crippen molar-refractivity contribution < 1.29 is 22.8 Å². The topological polar surface area (TPSA) is 46.3 Å². The number of rotatable bonds is 2. The van der Waals surface area contributed by atoms with Crippen LogP contribution in [0.4, 0.5) is 13.2 Å². The molecule has 0 amide bonds. The highest BCUT2D eigenvalue weighted by molar-refractivity contribution is 5.60. The number of aliphatic hydroxyl groups is 1. The molecule has 3 nitrogen and oxygen atoms in total. The minimum absolute atomic E-state index is 0.0677. The van der Waals surface area contributed by atoms with Gasteiger partial charge in [-0.15, -0.1) is 0 Å². The van der Waals surface area contributed by atoms with Crippen LogP contribution in [0.2, 0.25) is 0 Å². The zero-order valence-corrected chi connectivity index (χ0v) is 7.88. The molecule has 1 aromatic heterocycles. The van der Waals surface area contributed by atoms with E-state index in [-0.39, 0.29) is 11.5 Å². The third kappa shape index (κ3) is 1.79. The summed E-state index contributed by atoms with van der Waals surface area (Å²) in [6, 6.07) is 2.27. The van der Waals surface area contributed by atoms with Crippen LogP contribution in [0, 0.1) is 17.5 Å². The highest BCUT2D eigenvalue weighted by Crippen LogP contribution is 2.26. The fraction of sp³-hybridized carbons (Fsp3) is 0.100. The van der Waals surface area contributed by atoms with Gasteiger partial charge in [-0.25, -0.2) is 13.2 Å². The quantitative estimate of drug-likeness (QED) is 0.859. The van der Waals surface area contributed by atoms with Gasteiger partial charge in [0.2, 0.25) is 0 Å². The van der Waals surface area contributed by atoms with Gasteiger partial charge in [-0.3, -0.25) is 0 Å². The summed E-state index contributed by atoms with van der Waals surface area (Å²) in [4.78, 5) is 0. The molecule has 0 spiro atoms. The molecule has 2 rings (SSSR count). The van der Waals surface area contributed by atoms with Crippen LogP contribution >= 0.6 is 0 Å². The summed E-state index contributed by atoms with van der Waals surface area (Å²) < 4.78 is 43.8. The lowest BCUT2D eigenvalue weighted by molar-refractivity contribution is 0.229. The van der Waals surface area contributed by atoms with Crippen molar-refractivity contribution in [3.05, 3.63) is 41.4 Å². The first-order chi connectivity index (χ1) is 7.61. The van der Waals surface area contributed by atoms with Gasteiger partial charge in [0.05, 0.1) is 5.56 Å². The smallest absolute Gasteiger partial charge is 0.162 e. The maximum Gasteiger partial charge on any atom is 0.162 e. The molecule has 0 saturated carbocycles. The fourth-order valence-electron chi connectivity index (χ4n) is 1.29. The van der Waals surface area contributed by atoms with Crippen LogP contribution in [0.25, 0.3) is 11.3 Å². The van der Waals surface area contributed by atoms with Crippen LogP contribution in [0.5, 0.6) is 0 Å². The second-order valence-corrected chi connectivity index (χ2v) is 3.08. The van der Waals surface area contributed by atoms with Gasteiger partial charge in [0.25, 0.3) is 0 Å². The van der Waals surface area contributed by atoms with Gasteiger partial charge in [-0.2, -0.15) is 0 Å². The number of hydrogen-bond donors (Lipinski definition) is 1. The third-order valence-electron chi connectivity index (χ3n) is 1.98. The van der Waals surface area contributed by atoms with Crippen molar-refractivity contribution in [3.8, 4) is 11.3 Å². The van der Waals surface area contributed by atoms with Gasteiger partial charge < -0.3 is 9.63 Å². The first kappa shape index (κ1) is 10.7. The Kier molecular flexibility index (Phi) is 2.66. The summed E-state index contributed by atoms with van der Waals surface area (Å²) >= 11 is 0. The van der Waals surface area contributed by atoms with E-state index in [1.165, 1.54) is 6.07 Å². The Bertz CT molecular complexity index is 502. The SMILES string of the molecule is OCc1cc(-c2c(F)cc(F)cc2F)no1. The molecule has 0 fully saturated rings. The van der Waals surface area contributed by atoms with Crippen LogP contribution < -0.4 is 0 Å². The lowest BCUT2D eigenvalue weighted by atomic mass is 10.1.